The second-order valence-electron chi connectivity index (χ2n) is 12.8. The van der Waals surface area contributed by atoms with Crippen LogP contribution in [-0.4, -0.2) is 0 Å². The zero-order valence-corrected chi connectivity index (χ0v) is 24.6. The molecule has 0 N–H and O–H groups in total. The van der Waals surface area contributed by atoms with E-state index in [2.05, 4.69) is 115 Å². The third-order valence-electron chi connectivity index (χ3n) is 10.5. The van der Waals surface area contributed by atoms with Gasteiger partial charge in [0.15, 0.2) is 0 Å². The molecule has 5 aliphatic carbocycles. The third-order valence-corrected chi connectivity index (χ3v) is 10.5. The highest BCUT2D eigenvalue weighted by Crippen LogP contribution is 2.57. The van der Waals surface area contributed by atoms with Crippen LogP contribution >= 0.6 is 0 Å². The largest absolute Gasteiger partial charge is 0.455 e. The Balaban J connectivity index is 1.31. The van der Waals surface area contributed by atoms with Crippen molar-refractivity contribution in [1.29, 1.82) is 0 Å². The minimum atomic E-state index is 0.486. The molecule has 5 aliphatic rings. The fourth-order valence-electron chi connectivity index (χ4n) is 8.72. The Hall–Kier alpha value is -4.36. The number of allylic oxidation sites excluding steroid dienone is 16. The molecular formula is C42H36O. The van der Waals surface area contributed by atoms with Crippen LogP contribution < -0.4 is 0 Å². The van der Waals surface area contributed by atoms with Gasteiger partial charge in [0.2, 0.25) is 0 Å². The van der Waals surface area contributed by atoms with Crippen molar-refractivity contribution in [2.75, 3.05) is 0 Å². The SMILES string of the molecule is C1=CCC(C2C3=CCCC=C3C(c3cc4ccccc4c4oc5ccccc5c34)=C3C=CCCC32)C(C2=CCCC=C2)=C1. The molecule has 0 saturated carbocycles. The Bertz CT molecular complexity index is 2060. The molecule has 43 heavy (non-hydrogen) atoms. The summed E-state index contributed by atoms with van der Waals surface area (Å²) in [4.78, 5) is 0. The molecule has 3 aromatic carbocycles. The number of benzene rings is 3. The molecule has 4 aromatic rings. The average Bonchev–Trinajstić information content (AvgIpc) is 3.48. The van der Waals surface area contributed by atoms with Crippen molar-refractivity contribution in [2.24, 2.45) is 17.8 Å². The molecule has 1 heterocycles. The third kappa shape index (κ3) is 3.91. The number of furan rings is 1. The lowest BCUT2D eigenvalue weighted by Crippen LogP contribution is -2.34. The van der Waals surface area contributed by atoms with Gasteiger partial charge < -0.3 is 4.42 Å². The minimum Gasteiger partial charge on any atom is -0.455 e. The maximum absolute atomic E-state index is 6.66. The van der Waals surface area contributed by atoms with E-state index in [0.29, 0.717) is 17.8 Å². The van der Waals surface area contributed by atoms with Crippen LogP contribution in [0.4, 0.5) is 0 Å². The zero-order chi connectivity index (χ0) is 28.3. The van der Waals surface area contributed by atoms with Gasteiger partial charge >= 0.3 is 0 Å². The molecule has 3 atom stereocenters. The molecule has 9 rings (SSSR count). The van der Waals surface area contributed by atoms with Crippen LogP contribution in [0.2, 0.25) is 0 Å². The summed E-state index contributed by atoms with van der Waals surface area (Å²) in [5, 5.41) is 4.91. The highest BCUT2D eigenvalue weighted by molar-refractivity contribution is 6.20. The smallest absolute Gasteiger partial charge is 0.143 e. The lowest BCUT2D eigenvalue weighted by atomic mass is 9.58. The summed E-state index contributed by atoms with van der Waals surface area (Å²) < 4.78 is 6.66. The van der Waals surface area contributed by atoms with Gasteiger partial charge in [-0.25, -0.2) is 0 Å². The van der Waals surface area contributed by atoms with E-state index in [-0.39, 0.29) is 0 Å². The van der Waals surface area contributed by atoms with E-state index >= 15 is 0 Å². The van der Waals surface area contributed by atoms with E-state index in [1.165, 1.54) is 55.8 Å². The van der Waals surface area contributed by atoms with Crippen LogP contribution in [0.3, 0.4) is 0 Å². The van der Waals surface area contributed by atoms with Crippen LogP contribution in [0.5, 0.6) is 0 Å². The highest BCUT2D eigenvalue weighted by Gasteiger charge is 2.43. The molecule has 0 radical (unpaired) electrons. The zero-order valence-electron chi connectivity index (χ0n) is 24.6. The molecule has 0 spiro atoms. The van der Waals surface area contributed by atoms with Gasteiger partial charge in [-0.3, -0.25) is 0 Å². The van der Waals surface area contributed by atoms with Crippen molar-refractivity contribution in [3.05, 3.63) is 149 Å². The van der Waals surface area contributed by atoms with Crippen molar-refractivity contribution in [1.82, 2.24) is 0 Å². The van der Waals surface area contributed by atoms with Gasteiger partial charge in [0.25, 0.3) is 0 Å². The molecule has 1 nitrogen and oxygen atoms in total. The van der Waals surface area contributed by atoms with Crippen LogP contribution in [-0.2, 0) is 0 Å². The van der Waals surface area contributed by atoms with Gasteiger partial charge in [0.1, 0.15) is 11.2 Å². The number of fused-ring (bicyclic) bond motifs is 7. The lowest BCUT2D eigenvalue weighted by molar-refractivity contribution is 0.314. The van der Waals surface area contributed by atoms with Crippen molar-refractivity contribution >= 4 is 38.3 Å². The van der Waals surface area contributed by atoms with Gasteiger partial charge in [-0.1, -0.05) is 103 Å². The first kappa shape index (κ1) is 25.2. The Kier molecular flexibility index (Phi) is 5.93. The normalized spacial score (nSPS) is 25.0. The Labute approximate surface area is 253 Å². The summed E-state index contributed by atoms with van der Waals surface area (Å²) in [5.74, 6) is 1.47. The van der Waals surface area contributed by atoms with E-state index in [9.17, 15) is 0 Å². The monoisotopic (exact) mass is 556 g/mol. The summed E-state index contributed by atoms with van der Waals surface area (Å²) in [6.45, 7) is 0. The standard InChI is InChI=1S/C42H36O/c1-2-14-27(15-3-1)29-17-6-7-19-31(29)39-32-20-8-10-22-34(32)40(35-23-11-9-21-33(35)39)37-26-28-16-4-5-18-30(28)42-41(37)36-24-12-13-25-38(36)43-42/h2,4-7,10,12-18,21-26,31-32,39H,1,3,8-9,11,19-20H2. The number of hydrogen-bond acceptors (Lipinski definition) is 1. The summed E-state index contributed by atoms with van der Waals surface area (Å²) in [6.07, 6.45) is 32.5. The number of rotatable bonds is 3. The lowest BCUT2D eigenvalue weighted by Gasteiger charge is -2.46. The maximum atomic E-state index is 6.66. The highest BCUT2D eigenvalue weighted by atomic mass is 16.3. The Morgan fingerprint density at radius 3 is 2.47 bits per heavy atom. The molecule has 0 fully saturated rings. The van der Waals surface area contributed by atoms with Crippen LogP contribution in [0.1, 0.15) is 50.5 Å². The molecule has 0 aliphatic heterocycles. The first-order valence-corrected chi connectivity index (χ1v) is 16.3. The topological polar surface area (TPSA) is 13.1 Å². The first-order valence-electron chi connectivity index (χ1n) is 16.3. The quantitative estimate of drug-likeness (QED) is 0.245. The van der Waals surface area contributed by atoms with E-state index in [4.69, 9.17) is 4.42 Å². The van der Waals surface area contributed by atoms with Crippen molar-refractivity contribution in [3.63, 3.8) is 0 Å². The summed E-state index contributed by atoms with van der Waals surface area (Å²) in [7, 11) is 0. The van der Waals surface area contributed by atoms with Crippen molar-refractivity contribution in [3.8, 4) is 0 Å². The summed E-state index contributed by atoms with van der Waals surface area (Å²) in [6, 6.07) is 19.8. The van der Waals surface area contributed by atoms with Gasteiger partial charge in [0.05, 0.1) is 0 Å². The van der Waals surface area contributed by atoms with E-state index < -0.39 is 0 Å². The van der Waals surface area contributed by atoms with E-state index in [1.54, 1.807) is 11.1 Å². The summed E-state index contributed by atoms with van der Waals surface area (Å²) >= 11 is 0. The van der Waals surface area contributed by atoms with Crippen molar-refractivity contribution in [2.45, 2.75) is 44.9 Å². The summed E-state index contributed by atoms with van der Waals surface area (Å²) in [5.41, 5.74) is 12.3. The molecule has 3 unspecified atom stereocenters. The number of hydrogen-bond donors (Lipinski definition) is 0. The molecule has 0 bridgehead atoms. The molecule has 0 saturated heterocycles. The van der Waals surface area contributed by atoms with E-state index in [1.807, 2.05) is 0 Å². The Morgan fingerprint density at radius 2 is 1.53 bits per heavy atom. The average molecular weight is 557 g/mol. The first-order chi connectivity index (χ1) is 21.4. The molecule has 210 valence electrons. The van der Waals surface area contributed by atoms with Crippen molar-refractivity contribution < 1.29 is 4.42 Å². The minimum absolute atomic E-state index is 0.486. The van der Waals surface area contributed by atoms with Crippen LogP contribution in [0.25, 0.3) is 38.3 Å². The maximum Gasteiger partial charge on any atom is 0.143 e. The second-order valence-corrected chi connectivity index (χ2v) is 12.8. The fraction of sp³-hybridized carbons (Fsp3) is 0.238. The molecule has 1 heteroatoms. The number of para-hydroxylation sites is 1. The second kappa shape index (κ2) is 10.1. The van der Waals surface area contributed by atoms with Gasteiger partial charge in [-0.15, -0.1) is 0 Å². The Morgan fingerprint density at radius 1 is 0.698 bits per heavy atom. The predicted octanol–water partition coefficient (Wildman–Crippen LogP) is 11.5. The van der Waals surface area contributed by atoms with Gasteiger partial charge in [-0.2, -0.15) is 0 Å². The molecular weight excluding hydrogens is 520 g/mol. The fourth-order valence-corrected chi connectivity index (χ4v) is 8.72. The van der Waals surface area contributed by atoms with Crippen LogP contribution in [0, 0.1) is 17.8 Å². The van der Waals surface area contributed by atoms with Gasteiger partial charge in [-0.05, 0) is 119 Å². The van der Waals surface area contributed by atoms with Crippen LogP contribution in [0.15, 0.2) is 148 Å². The predicted molar refractivity (Wildman–Crippen MR) is 181 cm³/mol. The van der Waals surface area contributed by atoms with E-state index in [0.717, 1.165) is 49.7 Å². The van der Waals surface area contributed by atoms with Gasteiger partial charge in [0, 0.05) is 16.2 Å². The molecule has 0 amide bonds. The molecule has 1 aromatic heterocycles.